The summed E-state index contributed by atoms with van der Waals surface area (Å²) >= 11 is 0. The van der Waals surface area contributed by atoms with Gasteiger partial charge in [-0.25, -0.2) is 0 Å². The maximum atomic E-state index is 11.9. The number of carbonyl (C=O) groups excluding carboxylic acids is 1. The molecule has 1 saturated carbocycles. The molecule has 4 nitrogen and oxygen atoms in total. The van der Waals surface area contributed by atoms with E-state index >= 15 is 0 Å². The molecule has 1 aliphatic rings. The Morgan fingerprint density at radius 3 is 2.47 bits per heavy atom. The molecule has 1 fully saturated rings. The van der Waals surface area contributed by atoms with Gasteiger partial charge < -0.3 is 16.0 Å². The fourth-order valence-corrected chi connectivity index (χ4v) is 2.48. The molecule has 112 valence electrons. The number of hydrogen-bond acceptors (Lipinski definition) is 3. The molecule has 0 spiro atoms. The van der Waals surface area contributed by atoms with Crippen LogP contribution in [0.3, 0.4) is 0 Å². The molecule has 4 heteroatoms. The van der Waals surface area contributed by atoms with Crippen molar-refractivity contribution < 1.29 is 4.79 Å². The van der Waals surface area contributed by atoms with E-state index in [4.69, 9.17) is 5.73 Å². The van der Waals surface area contributed by atoms with Crippen LogP contribution < -0.4 is 11.1 Å². The summed E-state index contributed by atoms with van der Waals surface area (Å²) in [5.74, 6) is 0.447. The third-order valence-electron chi connectivity index (χ3n) is 4.26. The van der Waals surface area contributed by atoms with Gasteiger partial charge in [0, 0.05) is 24.5 Å². The maximum Gasteiger partial charge on any atom is 0.223 e. The lowest BCUT2D eigenvalue weighted by Gasteiger charge is -2.25. The molecule has 0 aromatic heterocycles. The van der Waals surface area contributed by atoms with Gasteiger partial charge in [0.1, 0.15) is 0 Å². The van der Waals surface area contributed by atoms with Crippen LogP contribution in [-0.2, 0) is 4.79 Å². The summed E-state index contributed by atoms with van der Waals surface area (Å²) in [5.41, 5.74) is 5.85. The highest BCUT2D eigenvalue weighted by atomic mass is 16.1. The lowest BCUT2D eigenvalue weighted by Crippen LogP contribution is -2.36. The van der Waals surface area contributed by atoms with Gasteiger partial charge in [-0.1, -0.05) is 0 Å². The highest BCUT2D eigenvalue weighted by Crippen LogP contribution is 2.23. The number of carbonyl (C=O) groups is 1. The molecule has 19 heavy (non-hydrogen) atoms. The van der Waals surface area contributed by atoms with Crippen LogP contribution in [0.2, 0.25) is 0 Å². The molecule has 1 rings (SSSR count). The van der Waals surface area contributed by atoms with Crippen LogP contribution in [0.15, 0.2) is 0 Å². The SMILES string of the molecule is CC(C)N(C)CCCCNC(=O)C1CCC(N)CC1. The highest BCUT2D eigenvalue weighted by molar-refractivity contribution is 5.78. The zero-order valence-corrected chi connectivity index (χ0v) is 12.8. The Balaban J connectivity index is 2.04. The molecule has 0 atom stereocenters. The van der Waals surface area contributed by atoms with Crippen LogP contribution in [0.5, 0.6) is 0 Å². The van der Waals surface area contributed by atoms with Gasteiger partial charge in [-0.05, 0) is 66.0 Å². The van der Waals surface area contributed by atoms with E-state index in [-0.39, 0.29) is 11.8 Å². The Kier molecular flexibility index (Phi) is 7.39. The maximum absolute atomic E-state index is 11.9. The first-order valence-corrected chi connectivity index (χ1v) is 7.74. The van der Waals surface area contributed by atoms with Crippen molar-refractivity contribution in [1.29, 1.82) is 0 Å². The van der Waals surface area contributed by atoms with Crippen LogP contribution in [-0.4, -0.2) is 43.0 Å². The Morgan fingerprint density at radius 1 is 1.26 bits per heavy atom. The van der Waals surface area contributed by atoms with Crippen molar-refractivity contribution in [3.05, 3.63) is 0 Å². The summed E-state index contributed by atoms with van der Waals surface area (Å²) in [6.45, 7) is 6.32. The summed E-state index contributed by atoms with van der Waals surface area (Å²) in [5, 5.41) is 3.07. The zero-order chi connectivity index (χ0) is 14.3. The number of rotatable bonds is 7. The number of hydrogen-bond donors (Lipinski definition) is 2. The molecule has 0 aliphatic heterocycles. The van der Waals surface area contributed by atoms with Crippen LogP contribution in [0.25, 0.3) is 0 Å². The fourth-order valence-electron chi connectivity index (χ4n) is 2.48. The standard InChI is InChI=1S/C15H31N3O/c1-12(2)18(3)11-5-4-10-17-15(19)13-6-8-14(16)9-7-13/h12-14H,4-11,16H2,1-3H3,(H,17,19). The highest BCUT2D eigenvalue weighted by Gasteiger charge is 2.23. The molecule has 0 unspecified atom stereocenters. The van der Waals surface area contributed by atoms with Crippen molar-refractivity contribution in [2.24, 2.45) is 11.7 Å². The summed E-state index contributed by atoms with van der Waals surface area (Å²) in [4.78, 5) is 14.3. The first-order valence-electron chi connectivity index (χ1n) is 7.74. The van der Waals surface area contributed by atoms with E-state index in [0.29, 0.717) is 12.1 Å². The minimum Gasteiger partial charge on any atom is -0.356 e. The quantitative estimate of drug-likeness (QED) is 0.692. The minimum absolute atomic E-state index is 0.207. The molecule has 1 amide bonds. The Labute approximate surface area is 118 Å². The van der Waals surface area contributed by atoms with Gasteiger partial charge in [-0.3, -0.25) is 4.79 Å². The first-order chi connectivity index (χ1) is 9.00. The van der Waals surface area contributed by atoms with Crippen LogP contribution >= 0.6 is 0 Å². The number of nitrogens with one attached hydrogen (secondary N) is 1. The predicted octanol–water partition coefficient (Wildman–Crippen LogP) is 1.74. The van der Waals surface area contributed by atoms with E-state index in [9.17, 15) is 4.79 Å². The van der Waals surface area contributed by atoms with Crippen molar-refractivity contribution in [3.8, 4) is 0 Å². The third kappa shape index (κ3) is 6.39. The van der Waals surface area contributed by atoms with Gasteiger partial charge in [0.15, 0.2) is 0 Å². The Hall–Kier alpha value is -0.610. The fraction of sp³-hybridized carbons (Fsp3) is 0.933. The number of nitrogens with two attached hydrogens (primary N) is 1. The van der Waals surface area contributed by atoms with Gasteiger partial charge in [-0.2, -0.15) is 0 Å². The molecule has 0 aromatic rings. The summed E-state index contributed by atoms with van der Waals surface area (Å²) in [6, 6.07) is 0.914. The van der Waals surface area contributed by atoms with E-state index in [1.807, 2.05) is 0 Å². The van der Waals surface area contributed by atoms with Gasteiger partial charge in [0.05, 0.1) is 0 Å². The smallest absolute Gasteiger partial charge is 0.223 e. The van der Waals surface area contributed by atoms with Crippen molar-refractivity contribution in [2.75, 3.05) is 20.1 Å². The predicted molar refractivity (Wildman–Crippen MR) is 79.9 cm³/mol. The number of nitrogens with zero attached hydrogens (tertiary/aromatic N) is 1. The number of unbranched alkanes of at least 4 members (excludes halogenated alkanes) is 1. The van der Waals surface area contributed by atoms with Crippen molar-refractivity contribution in [3.63, 3.8) is 0 Å². The third-order valence-corrected chi connectivity index (χ3v) is 4.26. The van der Waals surface area contributed by atoms with E-state index in [1.165, 1.54) is 0 Å². The monoisotopic (exact) mass is 269 g/mol. The molecule has 0 radical (unpaired) electrons. The molecular formula is C15H31N3O. The van der Waals surface area contributed by atoms with Crippen LogP contribution in [0.1, 0.15) is 52.4 Å². The summed E-state index contributed by atoms with van der Waals surface area (Å²) in [6.07, 6.45) is 6.13. The second kappa shape index (κ2) is 8.54. The van der Waals surface area contributed by atoms with Gasteiger partial charge in [0.25, 0.3) is 0 Å². The Morgan fingerprint density at radius 2 is 1.89 bits per heavy atom. The van der Waals surface area contributed by atoms with E-state index in [1.54, 1.807) is 0 Å². The number of amides is 1. The van der Waals surface area contributed by atoms with Crippen molar-refractivity contribution in [2.45, 2.75) is 64.5 Å². The molecule has 0 heterocycles. The van der Waals surface area contributed by atoms with Gasteiger partial charge in [0.2, 0.25) is 5.91 Å². The summed E-state index contributed by atoms with van der Waals surface area (Å²) in [7, 11) is 2.15. The molecule has 0 saturated heterocycles. The normalized spacial score (nSPS) is 23.9. The first kappa shape index (κ1) is 16.4. The lowest BCUT2D eigenvalue weighted by atomic mass is 9.86. The lowest BCUT2D eigenvalue weighted by molar-refractivity contribution is -0.126. The largest absolute Gasteiger partial charge is 0.356 e. The molecule has 0 aromatic carbocycles. The minimum atomic E-state index is 0.207. The molecule has 3 N–H and O–H groups in total. The summed E-state index contributed by atoms with van der Waals surface area (Å²) < 4.78 is 0. The molecule has 1 aliphatic carbocycles. The Bertz CT molecular complexity index is 260. The molecular weight excluding hydrogens is 238 g/mol. The van der Waals surface area contributed by atoms with E-state index < -0.39 is 0 Å². The van der Waals surface area contributed by atoms with Gasteiger partial charge >= 0.3 is 0 Å². The average molecular weight is 269 g/mol. The average Bonchev–Trinajstić information content (AvgIpc) is 2.38. The van der Waals surface area contributed by atoms with Gasteiger partial charge in [-0.15, -0.1) is 0 Å². The zero-order valence-electron chi connectivity index (χ0n) is 12.8. The van der Waals surface area contributed by atoms with E-state index in [0.717, 1.165) is 51.6 Å². The van der Waals surface area contributed by atoms with Crippen LogP contribution in [0.4, 0.5) is 0 Å². The van der Waals surface area contributed by atoms with Crippen molar-refractivity contribution >= 4 is 5.91 Å². The topological polar surface area (TPSA) is 58.4 Å². The van der Waals surface area contributed by atoms with Crippen molar-refractivity contribution in [1.82, 2.24) is 10.2 Å². The second-order valence-electron chi connectivity index (χ2n) is 6.18. The van der Waals surface area contributed by atoms with E-state index in [2.05, 4.69) is 31.1 Å². The van der Waals surface area contributed by atoms with Crippen LogP contribution in [0, 0.1) is 5.92 Å². The molecule has 0 bridgehead atoms. The second-order valence-corrected chi connectivity index (χ2v) is 6.18.